The van der Waals surface area contributed by atoms with Crippen LogP contribution in [0.1, 0.15) is 30.5 Å². The van der Waals surface area contributed by atoms with E-state index in [9.17, 15) is 4.79 Å². The van der Waals surface area contributed by atoms with Gasteiger partial charge in [0.1, 0.15) is 6.61 Å². The van der Waals surface area contributed by atoms with Crippen LogP contribution in [0.3, 0.4) is 0 Å². The Kier molecular flexibility index (Phi) is 6.43. The molecule has 0 spiro atoms. The van der Waals surface area contributed by atoms with Gasteiger partial charge in [-0.1, -0.05) is 32.6 Å². The van der Waals surface area contributed by atoms with Crippen molar-refractivity contribution in [1.82, 2.24) is 5.32 Å². The lowest BCUT2D eigenvalue weighted by Gasteiger charge is -2.16. The van der Waals surface area contributed by atoms with Crippen molar-refractivity contribution < 1.29 is 9.90 Å². The highest BCUT2D eigenvalue weighted by molar-refractivity contribution is 8.01. The topological polar surface area (TPSA) is 49.3 Å². The average molecular weight is 297 g/mol. The van der Waals surface area contributed by atoms with E-state index in [0.717, 1.165) is 9.75 Å². The Bertz CT molecular complexity index is 478. The summed E-state index contributed by atoms with van der Waals surface area (Å²) in [6.45, 7) is 6.69. The number of aliphatic hydroxyl groups excluding tert-OH is 1. The van der Waals surface area contributed by atoms with E-state index in [0.29, 0.717) is 12.3 Å². The third kappa shape index (κ3) is 7.26. The first-order valence-electron chi connectivity index (χ1n) is 6.00. The van der Waals surface area contributed by atoms with E-state index in [1.54, 1.807) is 11.8 Å². The van der Waals surface area contributed by atoms with Crippen LogP contribution < -0.4 is 5.32 Å². The van der Waals surface area contributed by atoms with Crippen LogP contribution in [0.4, 0.5) is 0 Å². The summed E-state index contributed by atoms with van der Waals surface area (Å²) in [6, 6.07) is 3.85. The number of aliphatic hydroxyl groups is 1. The zero-order chi connectivity index (χ0) is 14.3. The summed E-state index contributed by atoms with van der Waals surface area (Å²) in [5.41, 5.74) is 0. The molecule has 5 heteroatoms. The molecule has 2 N–H and O–H groups in total. The lowest BCUT2D eigenvalue weighted by molar-refractivity contribution is -0.118. The smallest absolute Gasteiger partial charge is 0.230 e. The number of carbonyl (C=O) groups is 1. The third-order valence-corrected chi connectivity index (χ3v) is 4.32. The minimum absolute atomic E-state index is 0.0521. The summed E-state index contributed by atoms with van der Waals surface area (Å²) >= 11 is 3.17. The lowest BCUT2D eigenvalue weighted by Crippen LogP contribution is -2.26. The molecule has 1 amide bonds. The molecule has 0 aliphatic heterocycles. The molecule has 104 valence electrons. The Morgan fingerprint density at radius 2 is 2.21 bits per heavy atom. The maximum Gasteiger partial charge on any atom is 0.230 e. The number of thioether (sulfide) groups is 1. The molecule has 0 aliphatic carbocycles. The van der Waals surface area contributed by atoms with Crippen molar-refractivity contribution in [3.05, 3.63) is 21.9 Å². The molecule has 0 bridgehead atoms. The monoisotopic (exact) mass is 297 g/mol. The Hall–Kier alpha value is -0.960. The summed E-state index contributed by atoms with van der Waals surface area (Å²) in [5, 5.41) is 11.5. The van der Waals surface area contributed by atoms with E-state index in [2.05, 4.69) is 37.9 Å². The lowest BCUT2D eigenvalue weighted by atomic mass is 10.3. The van der Waals surface area contributed by atoms with Crippen LogP contribution in [0.25, 0.3) is 0 Å². The van der Waals surface area contributed by atoms with Gasteiger partial charge < -0.3 is 10.4 Å². The van der Waals surface area contributed by atoms with E-state index >= 15 is 0 Å². The van der Waals surface area contributed by atoms with E-state index in [4.69, 9.17) is 5.11 Å². The maximum absolute atomic E-state index is 11.7. The summed E-state index contributed by atoms with van der Waals surface area (Å²) < 4.78 is 0.104. The number of amides is 1. The molecule has 1 rings (SSSR count). The minimum Gasteiger partial charge on any atom is -0.384 e. The van der Waals surface area contributed by atoms with Gasteiger partial charge in [-0.3, -0.25) is 4.79 Å². The third-order valence-electron chi connectivity index (χ3n) is 2.05. The number of rotatable bonds is 4. The number of hydrogen-bond donors (Lipinski definition) is 2. The van der Waals surface area contributed by atoms with Gasteiger partial charge in [0, 0.05) is 9.62 Å². The van der Waals surface area contributed by atoms with Gasteiger partial charge in [-0.05, 0) is 12.1 Å². The number of thiophene rings is 1. The van der Waals surface area contributed by atoms with Crippen LogP contribution in [0.2, 0.25) is 0 Å². The first-order valence-corrected chi connectivity index (χ1v) is 7.80. The molecule has 3 nitrogen and oxygen atoms in total. The Balaban J connectivity index is 2.36. The first kappa shape index (κ1) is 16.1. The minimum atomic E-state index is -0.131. The van der Waals surface area contributed by atoms with Crippen molar-refractivity contribution in [2.45, 2.75) is 32.1 Å². The van der Waals surface area contributed by atoms with Crippen molar-refractivity contribution in [3.63, 3.8) is 0 Å². The highest BCUT2D eigenvalue weighted by Crippen LogP contribution is 2.22. The second kappa shape index (κ2) is 7.59. The van der Waals surface area contributed by atoms with Crippen molar-refractivity contribution in [2.75, 3.05) is 12.4 Å². The van der Waals surface area contributed by atoms with Gasteiger partial charge in [-0.15, -0.1) is 23.1 Å². The molecule has 0 radical (unpaired) electrons. The summed E-state index contributed by atoms with van der Waals surface area (Å²) in [6.07, 6.45) is 0. The summed E-state index contributed by atoms with van der Waals surface area (Å²) in [7, 11) is 0. The molecule has 0 unspecified atom stereocenters. The molecular formula is C14H19NO2S2. The highest BCUT2D eigenvalue weighted by Gasteiger charge is 2.13. The van der Waals surface area contributed by atoms with E-state index < -0.39 is 0 Å². The summed E-state index contributed by atoms with van der Waals surface area (Å²) in [4.78, 5) is 13.6. The number of carbonyl (C=O) groups excluding carboxylic acids is 1. The average Bonchev–Trinajstić information content (AvgIpc) is 2.78. The van der Waals surface area contributed by atoms with Crippen LogP contribution in [-0.2, 0) is 11.3 Å². The SMILES string of the molecule is CC(C)(C)SCC(=O)NCc1ccc(C#CCO)s1. The highest BCUT2D eigenvalue weighted by atomic mass is 32.2. The van der Waals surface area contributed by atoms with E-state index in [-0.39, 0.29) is 17.3 Å². The zero-order valence-corrected chi connectivity index (χ0v) is 13.1. The fourth-order valence-electron chi connectivity index (χ4n) is 1.19. The largest absolute Gasteiger partial charge is 0.384 e. The standard InChI is InChI=1S/C14H19NO2S2/c1-14(2,3)18-10-13(17)15-9-12-7-6-11(19-12)5-4-8-16/h6-7,16H,8-10H2,1-3H3,(H,15,17). The van der Waals surface area contributed by atoms with Crippen molar-refractivity contribution in [1.29, 1.82) is 0 Å². The van der Waals surface area contributed by atoms with Gasteiger partial charge in [-0.2, -0.15) is 0 Å². The second-order valence-electron chi connectivity index (χ2n) is 4.90. The normalized spacial score (nSPS) is 10.7. The van der Waals surface area contributed by atoms with Crippen LogP contribution in [-0.4, -0.2) is 28.1 Å². The fourth-order valence-corrected chi connectivity index (χ4v) is 2.67. The van der Waals surface area contributed by atoms with Crippen LogP contribution in [0, 0.1) is 11.8 Å². The molecular weight excluding hydrogens is 278 g/mol. The molecule has 19 heavy (non-hydrogen) atoms. The second-order valence-corrected chi connectivity index (χ2v) is 7.87. The van der Waals surface area contributed by atoms with E-state index in [1.165, 1.54) is 11.3 Å². The first-order chi connectivity index (χ1) is 8.90. The van der Waals surface area contributed by atoms with E-state index in [1.807, 2.05) is 12.1 Å². The fraction of sp³-hybridized carbons (Fsp3) is 0.500. The molecule has 0 saturated carbocycles. The molecule has 0 atom stereocenters. The van der Waals surface area contributed by atoms with Gasteiger partial charge in [0.15, 0.2) is 0 Å². The Labute approximate surface area is 122 Å². The zero-order valence-electron chi connectivity index (χ0n) is 11.4. The number of nitrogens with one attached hydrogen (secondary N) is 1. The molecule has 1 aromatic heterocycles. The quantitative estimate of drug-likeness (QED) is 0.838. The van der Waals surface area contributed by atoms with Crippen molar-refractivity contribution in [3.8, 4) is 11.8 Å². The molecule has 0 aromatic carbocycles. The van der Waals surface area contributed by atoms with Crippen LogP contribution in [0.5, 0.6) is 0 Å². The number of hydrogen-bond acceptors (Lipinski definition) is 4. The van der Waals surface area contributed by atoms with Crippen LogP contribution >= 0.6 is 23.1 Å². The van der Waals surface area contributed by atoms with Gasteiger partial charge in [0.2, 0.25) is 5.91 Å². The molecule has 1 aromatic rings. The molecule has 0 aliphatic rings. The van der Waals surface area contributed by atoms with Gasteiger partial charge in [-0.25, -0.2) is 0 Å². The molecule has 0 fully saturated rings. The Morgan fingerprint density at radius 1 is 1.47 bits per heavy atom. The predicted octanol–water partition coefficient (Wildman–Crippen LogP) is 2.24. The van der Waals surface area contributed by atoms with Crippen molar-refractivity contribution >= 4 is 29.0 Å². The van der Waals surface area contributed by atoms with Crippen LogP contribution in [0.15, 0.2) is 12.1 Å². The van der Waals surface area contributed by atoms with Gasteiger partial charge in [0.05, 0.1) is 17.2 Å². The van der Waals surface area contributed by atoms with Crippen molar-refractivity contribution in [2.24, 2.45) is 0 Å². The molecule has 1 heterocycles. The van der Waals surface area contributed by atoms with Gasteiger partial charge >= 0.3 is 0 Å². The Morgan fingerprint density at radius 3 is 2.84 bits per heavy atom. The maximum atomic E-state index is 11.7. The summed E-state index contributed by atoms with van der Waals surface area (Å²) in [5.74, 6) is 5.98. The predicted molar refractivity (Wildman–Crippen MR) is 82.3 cm³/mol. The molecule has 0 saturated heterocycles. The van der Waals surface area contributed by atoms with Gasteiger partial charge in [0.25, 0.3) is 0 Å².